The lowest BCUT2D eigenvalue weighted by Crippen LogP contribution is -2.15. The Kier molecular flexibility index (Phi) is 5.04. The SMILES string of the molecule is CCC(C)C(c1ccc(C(=O)OC)cn1)c1ncc(C=O)[nH]1. The average molecular weight is 301 g/mol. The minimum atomic E-state index is -0.416. The van der Waals surface area contributed by atoms with E-state index in [0.29, 0.717) is 17.1 Å². The van der Waals surface area contributed by atoms with Crippen molar-refractivity contribution in [1.82, 2.24) is 15.0 Å². The molecule has 0 aliphatic heterocycles. The van der Waals surface area contributed by atoms with Crippen LogP contribution in [0, 0.1) is 5.92 Å². The fourth-order valence-electron chi connectivity index (χ4n) is 2.33. The third-order valence-corrected chi connectivity index (χ3v) is 3.78. The Hall–Kier alpha value is -2.50. The second-order valence-electron chi connectivity index (χ2n) is 5.17. The molecule has 2 rings (SSSR count). The van der Waals surface area contributed by atoms with Gasteiger partial charge in [-0.2, -0.15) is 0 Å². The minimum Gasteiger partial charge on any atom is -0.465 e. The van der Waals surface area contributed by atoms with Crippen LogP contribution in [0.2, 0.25) is 0 Å². The van der Waals surface area contributed by atoms with Gasteiger partial charge in [-0.15, -0.1) is 0 Å². The summed E-state index contributed by atoms with van der Waals surface area (Å²) in [5.41, 5.74) is 1.64. The number of carbonyl (C=O) groups is 2. The molecule has 0 spiro atoms. The number of hydrogen-bond donors (Lipinski definition) is 1. The first-order valence-corrected chi connectivity index (χ1v) is 7.15. The Labute approximate surface area is 128 Å². The second-order valence-corrected chi connectivity index (χ2v) is 5.17. The van der Waals surface area contributed by atoms with Crippen molar-refractivity contribution in [1.29, 1.82) is 0 Å². The number of H-pyrrole nitrogens is 1. The smallest absolute Gasteiger partial charge is 0.339 e. The number of aromatic amines is 1. The number of aldehydes is 1. The molecule has 2 unspecified atom stereocenters. The van der Waals surface area contributed by atoms with Gasteiger partial charge < -0.3 is 9.72 Å². The molecular formula is C16H19N3O3. The van der Waals surface area contributed by atoms with Gasteiger partial charge in [0.05, 0.1) is 36.2 Å². The van der Waals surface area contributed by atoms with Gasteiger partial charge in [0.2, 0.25) is 0 Å². The summed E-state index contributed by atoms with van der Waals surface area (Å²) in [5.74, 6) is 0.502. The van der Waals surface area contributed by atoms with E-state index in [4.69, 9.17) is 0 Å². The molecule has 1 N–H and O–H groups in total. The van der Waals surface area contributed by atoms with E-state index in [1.165, 1.54) is 19.5 Å². The molecule has 0 saturated heterocycles. The number of aromatic nitrogens is 3. The van der Waals surface area contributed by atoms with Crippen LogP contribution in [0.25, 0.3) is 0 Å². The molecule has 0 bridgehead atoms. The average Bonchev–Trinajstić information content (AvgIpc) is 3.03. The van der Waals surface area contributed by atoms with Gasteiger partial charge in [0.1, 0.15) is 5.82 Å². The van der Waals surface area contributed by atoms with E-state index < -0.39 is 5.97 Å². The molecule has 0 radical (unpaired) electrons. The minimum absolute atomic E-state index is 0.0644. The van der Waals surface area contributed by atoms with Crippen LogP contribution < -0.4 is 0 Å². The standard InChI is InChI=1S/C16H19N3O3/c1-4-10(2)14(15-18-8-12(9-20)19-15)13-6-5-11(7-17-13)16(21)22-3/h5-10,14H,4H2,1-3H3,(H,18,19). The molecule has 0 amide bonds. The maximum atomic E-state index is 11.5. The van der Waals surface area contributed by atoms with Gasteiger partial charge >= 0.3 is 5.97 Å². The number of carbonyl (C=O) groups excluding carboxylic acids is 2. The molecule has 0 aromatic carbocycles. The molecule has 22 heavy (non-hydrogen) atoms. The quantitative estimate of drug-likeness (QED) is 0.654. The van der Waals surface area contributed by atoms with Crippen LogP contribution in [-0.2, 0) is 4.74 Å². The molecule has 2 aromatic rings. The normalized spacial score (nSPS) is 13.4. The zero-order valence-corrected chi connectivity index (χ0v) is 12.9. The number of ether oxygens (including phenoxy) is 1. The summed E-state index contributed by atoms with van der Waals surface area (Å²) in [6.07, 6.45) is 4.68. The van der Waals surface area contributed by atoms with Crippen molar-refractivity contribution in [3.63, 3.8) is 0 Å². The van der Waals surface area contributed by atoms with Crippen molar-refractivity contribution >= 4 is 12.3 Å². The second kappa shape index (κ2) is 6.98. The third-order valence-electron chi connectivity index (χ3n) is 3.78. The number of pyridine rings is 1. The van der Waals surface area contributed by atoms with Crippen LogP contribution >= 0.6 is 0 Å². The first-order chi connectivity index (χ1) is 10.6. The first-order valence-electron chi connectivity index (χ1n) is 7.15. The molecular weight excluding hydrogens is 282 g/mol. The number of nitrogens with one attached hydrogen (secondary N) is 1. The van der Waals surface area contributed by atoms with Gasteiger partial charge in [0, 0.05) is 6.20 Å². The molecule has 0 saturated carbocycles. The number of hydrogen-bond acceptors (Lipinski definition) is 5. The molecule has 2 heterocycles. The van der Waals surface area contributed by atoms with Crippen LogP contribution in [0.5, 0.6) is 0 Å². The van der Waals surface area contributed by atoms with Gasteiger partial charge in [-0.05, 0) is 18.1 Å². The summed E-state index contributed by atoms with van der Waals surface area (Å²) in [6.45, 7) is 4.19. The number of nitrogens with zero attached hydrogens (tertiary/aromatic N) is 2. The zero-order valence-electron chi connectivity index (χ0n) is 12.9. The number of imidazole rings is 1. The molecule has 0 fully saturated rings. The van der Waals surface area contributed by atoms with Crippen molar-refractivity contribution in [3.05, 3.63) is 47.3 Å². The highest BCUT2D eigenvalue weighted by atomic mass is 16.5. The lowest BCUT2D eigenvalue weighted by atomic mass is 9.88. The Morgan fingerprint density at radius 2 is 2.14 bits per heavy atom. The van der Waals surface area contributed by atoms with Crippen LogP contribution in [0.15, 0.2) is 24.5 Å². The highest BCUT2D eigenvalue weighted by molar-refractivity contribution is 5.88. The monoisotopic (exact) mass is 301 g/mol. The fraction of sp³-hybridized carbons (Fsp3) is 0.375. The van der Waals surface area contributed by atoms with E-state index in [0.717, 1.165) is 18.4 Å². The van der Waals surface area contributed by atoms with Gasteiger partial charge in [0.25, 0.3) is 0 Å². The van der Waals surface area contributed by atoms with Gasteiger partial charge in [0.15, 0.2) is 6.29 Å². The van der Waals surface area contributed by atoms with Crippen LogP contribution in [0.3, 0.4) is 0 Å². The predicted octanol–water partition coefficient (Wildman–Crippen LogP) is 2.58. The van der Waals surface area contributed by atoms with Gasteiger partial charge in [-0.25, -0.2) is 9.78 Å². The molecule has 0 aliphatic rings. The van der Waals surface area contributed by atoms with Gasteiger partial charge in [-0.3, -0.25) is 9.78 Å². The van der Waals surface area contributed by atoms with Crippen molar-refractivity contribution in [2.45, 2.75) is 26.2 Å². The summed E-state index contributed by atoms with van der Waals surface area (Å²) in [4.78, 5) is 34.0. The molecule has 6 heteroatoms. The Balaban J connectivity index is 2.37. The van der Waals surface area contributed by atoms with Crippen molar-refractivity contribution in [3.8, 4) is 0 Å². The maximum Gasteiger partial charge on any atom is 0.339 e. The predicted molar refractivity (Wildman–Crippen MR) is 80.8 cm³/mol. The van der Waals surface area contributed by atoms with E-state index >= 15 is 0 Å². The molecule has 116 valence electrons. The zero-order chi connectivity index (χ0) is 16.1. The van der Waals surface area contributed by atoms with Crippen LogP contribution in [0.4, 0.5) is 0 Å². The number of rotatable bonds is 6. The Morgan fingerprint density at radius 1 is 1.36 bits per heavy atom. The maximum absolute atomic E-state index is 11.5. The lowest BCUT2D eigenvalue weighted by molar-refractivity contribution is 0.0600. The Morgan fingerprint density at radius 3 is 2.64 bits per heavy atom. The summed E-state index contributed by atoms with van der Waals surface area (Å²) < 4.78 is 4.67. The highest BCUT2D eigenvalue weighted by Gasteiger charge is 2.24. The van der Waals surface area contributed by atoms with E-state index in [-0.39, 0.29) is 11.8 Å². The molecule has 0 aliphatic carbocycles. The fourth-order valence-corrected chi connectivity index (χ4v) is 2.33. The van der Waals surface area contributed by atoms with E-state index in [1.807, 2.05) is 0 Å². The van der Waals surface area contributed by atoms with Crippen LogP contribution in [-0.4, -0.2) is 34.3 Å². The number of esters is 1. The largest absolute Gasteiger partial charge is 0.465 e. The summed E-state index contributed by atoms with van der Waals surface area (Å²) >= 11 is 0. The molecule has 6 nitrogen and oxygen atoms in total. The number of methoxy groups -OCH3 is 1. The Bertz CT molecular complexity index is 649. The van der Waals surface area contributed by atoms with E-state index in [1.54, 1.807) is 12.1 Å². The van der Waals surface area contributed by atoms with Crippen molar-refractivity contribution in [2.24, 2.45) is 5.92 Å². The summed E-state index contributed by atoms with van der Waals surface area (Å²) in [7, 11) is 1.34. The summed E-state index contributed by atoms with van der Waals surface area (Å²) in [5, 5.41) is 0. The first kappa shape index (κ1) is 15.9. The molecule has 2 atom stereocenters. The lowest BCUT2D eigenvalue weighted by Gasteiger charge is -2.20. The molecule has 2 aromatic heterocycles. The highest BCUT2D eigenvalue weighted by Crippen LogP contribution is 2.30. The van der Waals surface area contributed by atoms with E-state index in [9.17, 15) is 9.59 Å². The van der Waals surface area contributed by atoms with Crippen molar-refractivity contribution < 1.29 is 14.3 Å². The topological polar surface area (TPSA) is 84.9 Å². The van der Waals surface area contributed by atoms with Crippen molar-refractivity contribution in [2.75, 3.05) is 7.11 Å². The third kappa shape index (κ3) is 3.21. The van der Waals surface area contributed by atoms with Crippen LogP contribution in [0.1, 0.15) is 58.6 Å². The van der Waals surface area contributed by atoms with Gasteiger partial charge in [-0.1, -0.05) is 20.3 Å². The summed E-state index contributed by atoms with van der Waals surface area (Å²) in [6, 6.07) is 3.49. The van der Waals surface area contributed by atoms with E-state index in [2.05, 4.69) is 33.5 Å².